The summed E-state index contributed by atoms with van der Waals surface area (Å²) < 4.78 is 1.80. The van der Waals surface area contributed by atoms with E-state index in [0.717, 1.165) is 24.3 Å². The van der Waals surface area contributed by atoms with Crippen molar-refractivity contribution in [3.63, 3.8) is 0 Å². The molecular weight excluding hydrogens is 322 g/mol. The molecule has 1 fully saturated rings. The Labute approximate surface area is 145 Å². The number of nitrogens with zero attached hydrogens (tertiary/aromatic N) is 5. The monoisotopic (exact) mass is 337 g/mol. The minimum Gasteiger partial charge on any atom is -0.347 e. The summed E-state index contributed by atoms with van der Waals surface area (Å²) in [5.74, 6) is 1.24. The minimum absolute atomic E-state index is 0.182. The maximum Gasteiger partial charge on any atom is 0.169 e. The predicted octanol–water partition coefficient (Wildman–Crippen LogP) is 3.84. The van der Waals surface area contributed by atoms with Gasteiger partial charge in [-0.1, -0.05) is 24.6 Å². The van der Waals surface area contributed by atoms with Gasteiger partial charge in [-0.2, -0.15) is 5.26 Å². The molecule has 1 aliphatic rings. The van der Waals surface area contributed by atoms with Crippen LogP contribution in [-0.4, -0.2) is 20.9 Å². The molecule has 24 heavy (non-hydrogen) atoms. The van der Waals surface area contributed by atoms with E-state index >= 15 is 0 Å². The summed E-state index contributed by atoms with van der Waals surface area (Å²) in [6.45, 7) is 3.09. The van der Waals surface area contributed by atoms with Gasteiger partial charge >= 0.3 is 0 Å². The Morgan fingerprint density at radius 2 is 2.25 bits per heavy atom. The average Bonchev–Trinajstić information content (AvgIpc) is 3.15. The van der Waals surface area contributed by atoms with Gasteiger partial charge in [-0.3, -0.25) is 9.38 Å². The normalized spacial score (nSPS) is 20.5. The van der Waals surface area contributed by atoms with E-state index in [9.17, 15) is 5.26 Å². The lowest BCUT2D eigenvalue weighted by atomic mass is 10.0. The van der Waals surface area contributed by atoms with Crippen LogP contribution in [0, 0.1) is 17.2 Å². The van der Waals surface area contributed by atoms with Crippen LogP contribution in [0.1, 0.15) is 30.6 Å². The first-order valence-electron chi connectivity index (χ1n) is 7.91. The number of imidazole rings is 1. The van der Waals surface area contributed by atoms with Gasteiger partial charge in [0.05, 0.1) is 6.04 Å². The van der Waals surface area contributed by atoms with Crippen LogP contribution in [0.15, 0.2) is 42.9 Å². The van der Waals surface area contributed by atoms with E-state index in [1.54, 1.807) is 28.9 Å². The van der Waals surface area contributed by atoms with Crippen molar-refractivity contribution in [1.82, 2.24) is 14.4 Å². The number of hydrogen-bond donors (Lipinski definition) is 0. The fourth-order valence-electron chi connectivity index (χ4n) is 3.48. The highest BCUT2D eigenvalue weighted by molar-refractivity contribution is 6.30. The highest BCUT2D eigenvalue weighted by atomic mass is 35.5. The van der Waals surface area contributed by atoms with Gasteiger partial charge in [0, 0.05) is 36.2 Å². The number of pyridine rings is 2. The molecule has 0 aromatic carbocycles. The Morgan fingerprint density at radius 3 is 3.00 bits per heavy atom. The van der Waals surface area contributed by atoms with Crippen molar-refractivity contribution in [2.45, 2.75) is 19.4 Å². The summed E-state index contributed by atoms with van der Waals surface area (Å²) in [6.07, 6.45) is 6.49. The molecule has 0 amide bonds. The quantitative estimate of drug-likeness (QED) is 0.713. The zero-order valence-corrected chi connectivity index (χ0v) is 14.0. The Balaban J connectivity index is 1.85. The first-order valence-corrected chi connectivity index (χ1v) is 8.29. The molecule has 1 aliphatic heterocycles. The molecule has 0 saturated carbocycles. The Bertz CT molecular complexity index is 928. The zero-order valence-electron chi connectivity index (χ0n) is 13.2. The van der Waals surface area contributed by atoms with E-state index in [1.165, 1.54) is 0 Å². The molecule has 2 atom stereocenters. The summed E-state index contributed by atoms with van der Waals surface area (Å²) in [7, 11) is 0. The van der Waals surface area contributed by atoms with Crippen LogP contribution >= 0.6 is 11.6 Å². The van der Waals surface area contributed by atoms with Crippen LogP contribution in [0.3, 0.4) is 0 Å². The Morgan fingerprint density at radius 1 is 1.38 bits per heavy atom. The van der Waals surface area contributed by atoms with Crippen LogP contribution in [-0.2, 0) is 0 Å². The number of halogens is 1. The van der Waals surface area contributed by atoms with Crippen molar-refractivity contribution in [3.05, 3.63) is 59.1 Å². The fraction of sp³-hybridized carbons (Fsp3) is 0.278. The molecule has 0 aliphatic carbocycles. The van der Waals surface area contributed by atoms with Gasteiger partial charge in [0.2, 0.25) is 0 Å². The third-order valence-electron chi connectivity index (χ3n) is 4.53. The van der Waals surface area contributed by atoms with E-state index < -0.39 is 0 Å². The summed E-state index contributed by atoms with van der Waals surface area (Å²) >= 11 is 6.07. The maximum absolute atomic E-state index is 9.67. The first-order chi connectivity index (χ1) is 11.7. The molecule has 0 bridgehead atoms. The zero-order chi connectivity index (χ0) is 16.7. The van der Waals surface area contributed by atoms with Crippen molar-refractivity contribution < 1.29 is 0 Å². The number of aromatic nitrogens is 3. The molecule has 2 unspecified atom stereocenters. The van der Waals surface area contributed by atoms with Crippen LogP contribution < -0.4 is 4.90 Å². The molecule has 4 heterocycles. The molecule has 3 aromatic heterocycles. The van der Waals surface area contributed by atoms with Crippen LogP contribution in [0.5, 0.6) is 0 Å². The largest absolute Gasteiger partial charge is 0.347 e. The predicted molar refractivity (Wildman–Crippen MR) is 93.0 cm³/mol. The van der Waals surface area contributed by atoms with Crippen LogP contribution in [0.4, 0.5) is 5.82 Å². The Hall–Kier alpha value is -2.58. The van der Waals surface area contributed by atoms with Crippen molar-refractivity contribution >= 4 is 23.1 Å². The summed E-state index contributed by atoms with van der Waals surface area (Å²) in [6, 6.07) is 10.1. The summed E-state index contributed by atoms with van der Waals surface area (Å²) in [5, 5.41) is 10.3. The smallest absolute Gasteiger partial charge is 0.169 e. The third kappa shape index (κ3) is 2.40. The van der Waals surface area contributed by atoms with E-state index in [0.29, 0.717) is 22.3 Å². The molecule has 3 aromatic rings. The van der Waals surface area contributed by atoms with Gasteiger partial charge < -0.3 is 4.90 Å². The molecule has 0 radical (unpaired) electrons. The lowest BCUT2D eigenvalue weighted by Crippen LogP contribution is -2.24. The highest BCUT2D eigenvalue weighted by Gasteiger charge is 2.34. The van der Waals surface area contributed by atoms with Gasteiger partial charge in [-0.15, -0.1) is 0 Å². The second kappa shape index (κ2) is 5.81. The molecule has 0 spiro atoms. The Kier molecular flexibility index (Phi) is 3.62. The third-order valence-corrected chi connectivity index (χ3v) is 4.76. The summed E-state index contributed by atoms with van der Waals surface area (Å²) in [5.41, 5.74) is 2.39. The van der Waals surface area contributed by atoms with Crippen LogP contribution in [0.25, 0.3) is 5.65 Å². The van der Waals surface area contributed by atoms with E-state index in [2.05, 4.69) is 28.9 Å². The van der Waals surface area contributed by atoms with Gasteiger partial charge in [0.25, 0.3) is 0 Å². The van der Waals surface area contributed by atoms with Gasteiger partial charge in [-0.25, -0.2) is 4.98 Å². The fourth-order valence-corrected chi connectivity index (χ4v) is 3.63. The van der Waals surface area contributed by atoms with E-state index in [4.69, 9.17) is 16.6 Å². The molecule has 1 saturated heterocycles. The molecule has 6 heteroatoms. The van der Waals surface area contributed by atoms with Crippen molar-refractivity contribution in [2.75, 3.05) is 11.4 Å². The average molecular weight is 338 g/mol. The number of rotatable bonds is 2. The second-order valence-electron chi connectivity index (χ2n) is 6.26. The minimum atomic E-state index is 0.182. The first kappa shape index (κ1) is 15.0. The topological polar surface area (TPSA) is 57.2 Å². The number of anilines is 1. The molecular formula is C18H16ClN5. The van der Waals surface area contributed by atoms with Gasteiger partial charge in [0.15, 0.2) is 11.5 Å². The van der Waals surface area contributed by atoms with Gasteiger partial charge in [-0.05, 0) is 30.0 Å². The maximum atomic E-state index is 9.67. The molecule has 4 rings (SSSR count). The van der Waals surface area contributed by atoms with Crippen molar-refractivity contribution in [1.29, 1.82) is 5.26 Å². The van der Waals surface area contributed by atoms with E-state index in [1.807, 2.05) is 12.3 Å². The van der Waals surface area contributed by atoms with E-state index in [-0.39, 0.29) is 6.04 Å². The number of nitriles is 1. The number of hydrogen-bond acceptors (Lipinski definition) is 4. The lowest BCUT2D eigenvalue weighted by molar-refractivity contribution is 0.617. The van der Waals surface area contributed by atoms with Crippen molar-refractivity contribution in [3.8, 4) is 6.07 Å². The number of fused-ring (bicyclic) bond motifs is 1. The summed E-state index contributed by atoms with van der Waals surface area (Å²) in [4.78, 5) is 11.2. The second-order valence-corrected chi connectivity index (χ2v) is 6.70. The molecule has 5 nitrogen and oxygen atoms in total. The molecule has 0 N–H and O–H groups in total. The SMILES string of the molecule is CC1CC(c2cccnc2)N(c2nc3cc(Cl)ccn3c2C#N)C1. The van der Waals surface area contributed by atoms with Crippen LogP contribution in [0.2, 0.25) is 5.02 Å². The highest BCUT2D eigenvalue weighted by Crippen LogP contribution is 2.39. The van der Waals surface area contributed by atoms with Crippen molar-refractivity contribution in [2.24, 2.45) is 5.92 Å². The standard InChI is InChI=1S/C18H16ClN5/c1-12-7-15(13-3-2-5-21-10-13)24(11-12)18-16(9-20)23-6-4-14(19)8-17(23)22-18/h2-6,8,10,12,15H,7,11H2,1H3. The van der Waals surface area contributed by atoms with Gasteiger partial charge in [0.1, 0.15) is 11.7 Å². The lowest BCUT2D eigenvalue weighted by Gasteiger charge is -2.24. The molecule has 120 valence electrons.